The molecule has 5 rings (SSSR count). The van der Waals surface area contributed by atoms with Gasteiger partial charge in [0.05, 0.1) is 21.8 Å². The van der Waals surface area contributed by atoms with Gasteiger partial charge in [-0.25, -0.2) is 13.4 Å². The number of hydrogen-bond donors (Lipinski definition) is 1. The van der Waals surface area contributed by atoms with Gasteiger partial charge in [0.2, 0.25) is 5.95 Å². The number of para-hydroxylation sites is 1. The summed E-state index contributed by atoms with van der Waals surface area (Å²) in [6.45, 7) is 2.54. The summed E-state index contributed by atoms with van der Waals surface area (Å²) < 4.78 is 25.4. The van der Waals surface area contributed by atoms with E-state index in [9.17, 15) is 18.5 Å². The van der Waals surface area contributed by atoms with E-state index in [-0.39, 0.29) is 35.1 Å². The van der Waals surface area contributed by atoms with Crippen LogP contribution in [0.25, 0.3) is 0 Å². The Morgan fingerprint density at radius 1 is 1.08 bits per heavy atom. The number of benzene rings is 2. The number of nitrogen functional groups attached to an aromatic ring is 1. The SMILES string of the molecule is Cc1nc(N)nc(N2CCCC2N2CN(c3ccccc3)C(=O)c3c2cccc3S(C)(=O)=O)c1C#N. The second kappa shape index (κ2) is 8.80. The summed E-state index contributed by atoms with van der Waals surface area (Å²) >= 11 is 0. The number of nitrogens with two attached hydrogens (primary N) is 1. The van der Waals surface area contributed by atoms with Crippen molar-refractivity contribution in [3.63, 3.8) is 0 Å². The average Bonchev–Trinajstić information content (AvgIpc) is 3.33. The van der Waals surface area contributed by atoms with Crippen LogP contribution in [-0.2, 0) is 9.84 Å². The first kappa shape index (κ1) is 23.6. The molecule has 1 saturated heterocycles. The minimum atomic E-state index is -3.69. The quantitative estimate of drug-likeness (QED) is 0.570. The molecule has 0 spiro atoms. The maximum atomic E-state index is 13.7. The fourth-order valence-corrected chi connectivity index (χ4v) is 5.90. The highest BCUT2D eigenvalue weighted by Crippen LogP contribution is 2.39. The number of rotatable bonds is 4. The number of fused-ring (bicyclic) bond motifs is 1. The predicted octanol–water partition coefficient (Wildman–Crippen LogP) is 2.69. The zero-order valence-corrected chi connectivity index (χ0v) is 20.7. The molecule has 1 aromatic heterocycles. The van der Waals surface area contributed by atoms with Crippen molar-refractivity contribution in [2.24, 2.45) is 0 Å². The van der Waals surface area contributed by atoms with Gasteiger partial charge >= 0.3 is 0 Å². The molecule has 2 aromatic carbocycles. The fourth-order valence-electron chi connectivity index (χ4n) is 5.01. The number of hydrogen-bond acceptors (Lipinski definition) is 9. The standard InChI is InChI=1S/C25H25N7O3S/c1-16-18(14-26)23(29-25(27)28-16)30-13-7-12-21(30)32-15-31(17-8-4-3-5-9-17)24(33)22-19(32)10-6-11-20(22)36(2,34)35/h3-6,8-11,21H,7,12-13,15H2,1-2H3,(H2,27,28,29). The number of carbonyl (C=O) groups excluding carboxylic acids is 1. The fraction of sp³-hybridized carbons (Fsp3) is 0.280. The largest absolute Gasteiger partial charge is 0.368 e. The Kier molecular flexibility index (Phi) is 5.76. The van der Waals surface area contributed by atoms with E-state index in [2.05, 4.69) is 16.0 Å². The molecule has 0 saturated carbocycles. The highest BCUT2D eigenvalue weighted by molar-refractivity contribution is 7.90. The van der Waals surface area contributed by atoms with Gasteiger partial charge in [-0.15, -0.1) is 0 Å². The van der Waals surface area contributed by atoms with E-state index in [4.69, 9.17) is 5.73 Å². The Balaban J connectivity index is 1.69. The molecule has 0 bridgehead atoms. The summed E-state index contributed by atoms with van der Waals surface area (Å²) in [6, 6.07) is 16.2. The minimum absolute atomic E-state index is 0.0139. The van der Waals surface area contributed by atoms with Crippen LogP contribution in [0.5, 0.6) is 0 Å². The molecule has 1 fully saturated rings. The van der Waals surface area contributed by atoms with Crippen LogP contribution in [0.4, 0.5) is 23.1 Å². The molecule has 2 aliphatic rings. The smallest absolute Gasteiger partial charge is 0.263 e. The number of amides is 1. The molecule has 11 heteroatoms. The Labute approximate surface area is 209 Å². The lowest BCUT2D eigenvalue weighted by Gasteiger charge is -2.44. The van der Waals surface area contributed by atoms with Gasteiger partial charge in [-0.1, -0.05) is 24.3 Å². The van der Waals surface area contributed by atoms with Crippen molar-refractivity contribution in [1.29, 1.82) is 5.26 Å². The number of sulfone groups is 1. The van der Waals surface area contributed by atoms with Gasteiger partial charge in [-0.05, 0) is 44.0 Å². The van der Waals surface area contributed by atoms with Gasteiger partial charge in [-0.2, -0.15) is 10.2 Å². The van der Waals surface area contributed by atoms with Crippen LogP contribution in [0.15, 0.2) is 53.4 Å². The first-order valence-electron chi connectivity index (χ1n) is 11.5. The molecule has 2 N–H and O–H groups in total. The van der Waals surface area contributed by atoms with Crippen molar-refractivity contribution < 1.29 is 13.2 Å². The summed E-state index contributed by atoms with van der Waals surface area (Å²) in [4.78, 5) is 27.8. The molecule has 1 unspecified atom stereocenters. The minimum Gasteiger partial charge on any atom is -0.368 e. The van der Waals surface area contributed by atoms with Gasteiger partial charge in [0, 0.05) is 18.5 Å². The van der Waals surface area contributed by atoms with Crippen molar-refractivity contribution in [3.8, 4) is 6.07 Å². The maximum Gasteiger partial charge on any atom is 0.263 e. The number of nitrogens with zero attached hydrogens (tertiary/aromatic N) is 6. The average molecular weight is 504 g/mol. The third-order valence-corrected chi connectivity index (χ3v) is 7.73. The Morgan fingerprint density at radius 3 is 2.53 bits per heavy atom. The van der Waals surface area contributed by atoms with Crippen LogP contribution >= 0.6 is 0 Å². The van der Waals surface area contributed by atoms with Crippen LogP contribution in [0.2, 0.25) is 0 Å². The number of nitriles is 1. The topological polar surface area (TPSA) is 137 Å². The second-order valence-electron chi connectivity index (χ2n) is 8.90. The second-order valence-corrected chi connectivity index (χ2v) is 10.9. The molecule has 1 atom stereocenters. The molecule has 184 valence electrons. The molecule has 1 amide bonds. The Bertz CT molecular complexity index is 1500. The molecule has 3 heterocycles. The number of aryl methyl sites for hydroxylation is 1. The predicted molar refractivity (Wildman–Crippen MR) is 136 cm³/mol. The first-order valence-corrected chi connectivity index (χ1v) is 13.4. The molecule has 2 aliphatic heterocycles. The first-order chi connectivity index (χ1) is 17.2. The van der Waals surface area contributed by atoms with E-state index in [0.29, 0.717) is 41.4 Å². The number of anilines is 4. The molecule has 3 aromatic rings. The molecule has 10 nitrogen and oxygen atoms in total. The zero-order chi connectivity index (χ0) is 25.6. The van der Waals surface area contributed by atoms with Crippen molar-refractivity contribution in [1.82, 2.24) is 9.97 Å². The molecule has 0 aliphatic carbocycles. The highest BCUT2D eigenvalue weighted by atomic mass is 32.2. The molecule has 36 heavy (non-hydrogen) atoms. The van der Waals surface area contributed by atoms with E-state index < -0.39 is 9.84 Å². The summed E-state index contributed by atoms with van der Waals surface area (Å²) in [5.74, 6) is 0.137. The van der Waals surface area contributed by atoms with Crippen LogP contribution in [0, 0.1) is 18.3 Å². The van der Waals surface area contributed by atoms with Crippen LogP contribution in [0.3, 0.4) is 0 Å². The lowest BCUT2D eigenvalue weighted by Crippen LogP contribution is -2.55. The van der Waals surface area contributed by atoms with E-state index >= 15 is 0 Å². The van der Waals surface area contributed by atoms with E-state index in [1.807, 2.05) is 40.1 Å². The summed E-state index contributed by atoms with van der Waals surface area (Å²) in [5, 5.41) is 9.83. The van der Waals surface area contributed by atoms with Crippen LogP contribution < -0.4 is 20.4 Å². The number of carbonyl (C=O) groups is 1. The maximum absolute atomic E-state index is 13.7. The Hall–Kier alpha value is -4.17. The summed E-state index contributed by atoms with van der Waals surface area (Å²) in [7, 11) is -3.69. The molecular formula is C25H25N7O3S. The van der Waals surface area contributed by atoms with Gasteiger partial charge in [0.25, 0.3) is 5.91 Å². The van der Waals surface area contributed by atoms with Crippen molar-refractivity contribution >= 4 is 38.9 Å². The van der Waals surface area contributed by atoms with Crippen molar-refractivity contribution in [3.05, 3.63) is 65.4 Å². The monoisotopic (exact) mass is 503 g/mol. The van der Waals surface area contributed by atoms with Gasteiger partial charge in [0.15, 0.2) is 15.7 Å². The summed E-state index contributed by atoms with van der Waals surface area (Å²) in [5.41, 5.74) is 8.11. The molecular weight excluding hydrogens is 478 g/mol. The lowest BCUT2D eigenvalue weighted by molar-refractivity contribution is 0.0978. The highest BCUT2D eigenvalue weighted by Gasteiger charge is 2.41. The normalized spacial score (nSPS) is 17.8. The van der Waals surface area contributed by atoms with Gasteiger partial charge in [0.1, 0.15) is 24.5 Å². The van der Waals surface area contributed by atoms with E-state index in [1.165, 1.54) is 6.07 Å². The van der Waals surface area contributed by atoms with Crippen molar-refractivity contribution in [2.45, 2.75) is 30.8 Å². The molecule has 0 radical (unpaired) electrons. The van der Waals surface area contributed by atoms with E-state index in [1.54, 1.807) is 24.0 Å². The van der Waals surface area contributed by atoms with E-state index in [0.717, 1.165) is 12.7 Å². The van der Waals surface area contributed by atoms with Crippen LogP contribution in [0.1, 0.15) is 34.5 Å². The summed E-state index contributed by atoms with van der Waals surface area (Å²) in [6.07, 6.45) is 2.34. The number of aromatic nitrogens is 2. The lowest BCUT2D eigenvalue weighted by atomic mass is 10.1. The van der Waals surface area contributed by atoms with Gasteiger partial charge < -0.3 is 15.5 Å². The van der Waals surface area contributed by atoms with Crippen LogP contribution in [-0.4, -0.2) is 49.9 Å². The van der Waals surface area contributed by atoms with Crippen molar-refractivity contribution in [2.75, 3.05) is 39.9 Å². The van der Waals surface area contributed by atoms with Gasteiger partial charge in [-0.3, -0.25) is 9.69 Å². The zero-order valence-electron chi connectivity index (χ0n) is 19.9. The third kappa shape index (κ3) is 3.89. The third-order valence-electron chi connectivity index (χ3n) is 6.59. The Morgan fingerprint density at radius 2 is 1.83 bits per heavy atom.